The summed E-state index contributed by atoms with van der Waals surface area (Å²) in [7, 11) is 0. The van der Waals surface area contributed by atoms with Crippen LogP contribution in [0.1, 0.15) is 66.2 Å². The van der Waals surface area contributed by atoms with Gasteiger partial charge in [-0.05, 0) is 26.7 Å². The van der Waals surface area contributed by atoms with E-state index < -0.39 is 0 Å². The normalized spacial score (nSPS) is 17.4. The van der Waals surface area contributed by atoms with Crippen molar-refractivity contribution in [2.75, 3.05) is 0 Å². The van der Waals surface area contributed by atoms with Gasteiger partial charge in [0.1, 0.15) is 0 Å². The van der Waals surface area contributed by atoms with E-state index in [0.29, 0.717) is 0 Å². The largest absolute Gasteiger partial charge is 0.390 e. The van der Waals surface area contributed by atoms with Crippen molar-refractivity contribution in [3.8, 4) is 0 Å². The lowest BCUT2D eigenvalue weighted by Crippen LogP contribution is -2.28. The molecule has 0 aliphatic heterocycles. The first-order valence-corrected chi connectivity index (χ1v) is 6.45. The molecule has 0 aromatic rings. The fourth-order valence-corrected chi connectivity index (χ4v) is 1.72. The van der Waals surface area contributed by atoms with Crippen LogP contribution in [0.4, 0.5) is 0 Å². The number of rotatable bonds is 9. The average Bonchev–Trinajstić information content (AvgIpc) is 2.23. The molecule has 92 valence electrons. The maximum Gasteiger partial charge on any atom is 0.0809 e. The molecule has 0 saturated heterocycles. The molecule has 0 aliphatic rings. The van der Waals surface area contributed by atoms with E-state index >= 15 is 0 Å². The van der Waals surface area contributed by atoms with Crippen LogP contribution in [0.3, 0.4) is 0 Å². The smallest absolute Gasteiger partial charge is 0.0809 e. The Bertz CT molecular complexity index is 136. The van der Waals surface area contributed by atoms with Crippen LogP contribution in [0.15, 0.2) is 0 Å². The number of ether oxygens (including phenoxy) is 1. The molecule has 0 rings (SSSR count). The first-order valence-electron chi connectivity index (χ1n) is 6.45. The second-order valence-electron chi connectivity index (χ2n) is 4.48. The van der Waals surface area contributed by atoms with E-state index in [1.165, 1.54) is 25.7 Å². The highest BCUT2D eigenvalue weighted by Gasteiger charge is 2.15. The molecule has 2 nitrogen and oxygen atoms in total. The van der Waals surface area contributed by atoms with Crippen molar-refractivity contribution >= 4 is 0 Å². The fourth-order valence-electron chi connectivity index (χ4n) is 1.72. The number of hydrogen-bond donors (Lipinski definition) is 1. The van der Waals surface area contributed by atoms with Crippen LogP contribution in [0.2, 0.25) is 0 Å². The van der Waals surface area contributed by atoms with Gasteiger partial charge in [-0.1, -0.05) is 39.5 Å². The van der Waals surface area contributed by atoms with Gasteiger partial charge in [0.2, 0.25) is 0 Å². The zero-order valence-corrected chi connectivity index (χ0v) is 10.8. The highest BCUT2D eigenvalue weighted by atomic mass is 16.5. The van der Waals surface area contributed by atoms with Gasteiger partial charge in [-0.2, -0.15) is 0 Å². The maximum absolute atomic E-state index is 9.56. The van der Waals surface area contributed by atoms with Crippen molar-refractivity contribution in [1.82, 2.24) is 0 Å². The lowest BCUT2D eigenvalue weighted by molar-refractivity contribution is -0.0645. The summed E-state index contributed by atoms with van der Waals surface area (Å²) in [6.07, 6.45) is 6.95. The quantitative estimate of drug-likeness (QED) is 0.598. The topological polar surface area (TPSA) is 29.5 Å². The Labute approximate surface area is 95.0 Å². The molecule has 0 heterocycles. The molecule has 0 aromatic heterocycles. The molecule has 0 radical (unpaired) electrons. The molecule has 0 aliphatic carbocycles. The summed E-state index contributed by atoms with van der Waals surface area (Å²) in [6.45, 7) is 8.26. The van der Waals surface area contributed by atoms with Crippen molar-refractivity contribution in [1.29, 1.82) is 0 Å². The summed E-state index contributed by atoms with van der Waals surface area (Å²) in [6, 6.07) is 0. The number of aliphatic hydroxyl groups is 1. The van der Waals surface area contributed by atoms with Gasteiger partial charge in [-0.15, -0.1) is 0 Å². The van der Waals surface area contributed by atoms with E-state index in [0.717, 1.165) is 12.8 Å². The Kier molecular flexibility index (Phi) is 9.12. The standard InChI is InChI=1S/C13H28O2/c1-5-7-8-9-10-11(3)15-12(4)13(14)6-2/h11-14H,5-10H2,1-4H3. The Balaban J connectivity index is 3.50. The summed E-state index contributed by atoms with van der Waals surface area (Å²) in [5, 5.41) is 9.56. The van der Waals surface area contributed by atoms with Crippen LogP contribution < -0.4 is 0 Å². The first kappa shape index (κ1) is 14.9. The van der Waals surface area contributed by atoms with Crippen molar-refractivity contribution in [2.24, 2.45) is 0 Å². The van der Waals surface area contributed by atoms with Gasteiger partial charge in [-0.25, -0.2) is 0 Å². The number of aliphatic hydroxyl groups excluding tert-OH is 1. The van der Waals surface area contributed by atoms with E-state index in [4.69, 9.17) is 4.74 Å². The molecule has 0 spiro atoms. The number of hydrogen-bond acceptors (Lipinski definition) is 2. The minimum atomic E-state index is -0.317. The minimum Gasteiger partial charge on any atom is -0.390 e. The number of unbranched alkanes of at least 4 members (excludes halogenated alkanes) is 3. The predicted molar refractivity (Wildman–Crippen MR) is 65.1 cm³/mol. The third kappa shape index (κ3) is 7.80. The Morgan fingerprint density at radius 2 is 1.73 bits per heavy atom. The molecule has 0 saturated carbocycles. The zero-order valence-electron chi connectivity index (χ0n) is 10.8. The van der Waals surface area contributed by atoms with Crippen LogP contribution in [0.5, 0.6) is 0 Å². The summed E-state index contributed by atoms with van der Waals surface area (Å²) >= 11 is 0. The molecule has 1 N–H and O–H groups in total. The first-order chi connectivity index (χ1) is 7.11. The van der Waals surface area contributed by atoms with Crippen molar-refractivity contribution in [3.63, 3.8) is 0 Å². The highest BCUT2D eigenvalue weighted by molar-refractivity contribution is 4.64. The van der Waals surface area contributed by atoms with Gasteiger partial charge in [0.25, 0.3) is 0 Å². The fraction of sp³-hybridized carbons (Fsp3) is 1.00. The van der Waals surface area contributed by atoms with Crippen LogP contribution in [-0.4, -0.2) is 23.4 Å². The van der Waals surface area contributed by atoms with Crippen molar-refractivity contribution in [3.05, 3.63) is 0 Å². The van der Waals surface area contributed by atoms with Crippen LogP contribution in [-0.2, 0) is 4.74 Å². The average molecular weight is 216 g/mol. The van der Waals surface area contributed by atoms with Gasteiger partial charge in [-0.3, -0.25) is 0 Å². The minimum absolute atomic E-state index is 0.0313. The van der Waals surface area contributed by atoms with Gasteiger partial charge in [0.15, 0.2) is 0 Å². The highest BCUT2D eigenvalue weighted by Crippen LogP contribution is 2.12. The van der Waals surface area contributed by atoms with E-state index in [9.17, 15) is 5.11 Å². The third-order valence-corrected chi connectivity index (χ3v) is 2.87. The molecular weight excluding hydrogens is 188 g/mol. The van der Waals surface area contributed by atoms with Crippen molar-refractivity contribution < 1.29 is 9.84 Å². The Morgan fingerprint density at radius 3 is 2.27 bits per heavy atom. The monoisotopic (exact) mass is 216 g/mol. The van der Waals surface area contributed by atoms with Crippen LogP contribution in [0, 0.1) is 0 Å². The second kappa shape index (κ2) is 9.17. The molecule has 0 bridgehead atoms. The van der Waals surface area contributed by atoms with E-state index in [-0.39, 0.29) is 18.3 Å². The summed E-state index contributed by atoms with van der Waals surface area (Å²) in [4.78, 5) is 0. The van der Waals surface area contributed by atoms with Crippen LogP contribution >= 0.6 is 0 Å². The van der Waals surface area contributed by atoms with Crippen molar-refractivity contribution in [2.45, 2.75) is 84.5 Å². The lowest BCUT2D eigenvalue weighted by atomic mass is 10.1. The lowest BCUT2D eigenvalue weighted by Gasteiger charge is -2.22. The van der Waals surface area contributed by atoms with Gasteiger partial charge in [0.05, 0.1) is 18.3 Å². The van der Waals surface area contributed by atoms with Crippen LogP contribution in [0.25, 0.3) is 0 Å². The predicted octanol–water partition coefficient (Wildman–Crippen LogP) is 3.52. The molecule has 2 heteroatoms. The summed E-state index contributed by atoms with van der Waals surface area (Å²) < 4.78 is 5.73. The molecule has 0 amide bonds. The SMILES string of the molecule is CCCCCCC(C)OC(C)C(O)CC. The molecule has 15 heavy (non-hydrogen) atoms. The van der Waals surface area contributed by atoms with E-state index in [1.54, 1.807) is 0 Å². The van der Waals surface area contributed by atoms with Gasteiger partial charge in [0, 0.05) is 0 Å². The summed E-state index contributed by atoms with van der Waals surface area (Å²) in [5.41, 5.74) is 0. The molecule has 3 unspecified atom stereocenters. The summed E-state index contributed by atoms with van der Waals surface area (Å²) in [5.74, 6) is 0. The van der Waals surface area contributed by atoms with Gasteiger partial charge >= 0.3 is 0 Å². The second-order valence-corrected chi connectivity index (χ2v) is 4.48. The third-order valence-electron chi connectivity index (χ3n) is 2.87. The molecule has 3 atom stereocenters. The molecular formula is C13H28O2. The maximum atomic E-state index is 9.56. The van der Waals surface area contributed by atoms with Gasteiger partial charge < -0.3 is 9.84 Å². The molecule has 0 fully saturated rings. The van der Waals surface area contributed by atoms with E-state index in [1.807, 2.05) is 13.8 Å². The Morgan fingerprint density at radius 1 is 1.07 bits per heavy atom. The Hall–Kier alpha value is -0.0800. The zero-order chi connectivity index (χ0) is 11.7. The molecule has 0 aromatic carbocycles. The van der Waals surface area contributed by atoms with E-state index in [2.05, 4.69) is 13.8 Å².